The van der Waals surface area contributed by atoms with E-state index < -0.39 is 6.10 Å². The average Bonchev–Trinajstić information content (AvgIpc) is 2.70. The van der Waals surface area contributed by atoms with Gasteiger partial charge in [0.15, 0.2) is 0 Å². The molecule has 2 rings (SSSR count). The Morgan fingerprint density at radius 1 is 1.47 bits per heavy atom. The normalized spacial score (nSPS) is 12.7. The largest absolute Gasteiger partial charge is 0.386 e. The maximum Gasteiger partial charge on any atom is 0.137 e. The highest BCUT2D eigenvalue weighted by Crippen LogP contribution is 2.15. The summed E-state index contributed by atoms with van der Waals surface area (Å²) in [4.78, 5) is 3.75. The van der Waals surface area contributed by atoms with E-state index in [2.05, 4.69) is 10.1 Å². The lowest BCUT2D eigenvalue weighted by Gasteiger charge is -2.10. The van der Waals surface area contributed by atoms with Crippen LogP contribution in [0, 0.1) is 5.82 Å². The molecule has 1 aromatic heterocycles. The smallest absolute Gasteiger partial charge is 0.137 e. The minimum Gasteiger partial charge on any atom is -0.386 e. The molecular formula is C10H10FN3O. The van der Waals surface area contributed by atoms with Gasteiger partial charge in [0.05, 0.1) is 12.6 Å². The van der Waals surface area contributed by atoms with Gasteiger partial charge in [-0.3, -0.25) is 4.68 Å². The van der Waals surface area contributed by atoms with Crippen molar-refractivity contribution in [1.82, 2.24) is 14.8 Å². The number of aromatic nitrogens is 3. The molecule has 0 aliphatic rings. The Bertz CT molecular complexity index is 430. The standard InChI is InChI=1S/C10H10FN3O/c11-9-3-1-2-8(4-9)10(15)5-14-7-12-6-13-14/h1-4,6-7,10,15H,5H2. The minimum absolute atomic E-state index is 0.267. The molecule has 5 heteroatoms. The molecule has 1 heterocycles. The number of hydrogen-bond acceptors (Lipinski definition) is 3. The van der Waals surface area contributed by atoms with Gasteiger partial charge in [0, 0.05) is 0 Å². The molecule has 0 aliphatic carbocycles. The molecule has 1 atom stereocenters. The fraction of sp³-hybridized carbons (Fsp3) is 0.200. The first-order valence-corrected chi connectivity index (χ1v) is 4.51. The van der Waals surface area contributed by atoms with Crippen LogP contribution in [0.1, 0.15) is 11.7 Å². The zero-order valence-corrected chi connectivity index (χ0v) is 7.92. The summed E-state index contributed by atoms with van der Waals surface area (Å²) >= 11 is 0. The van der Waals surface area contributed by atoms with Crippen LogP contribution in [0.5, 0.6) is 0 Å². The zero-order valence-electron chi connectivity index (χ0n) is 7.92. The van der Waals surface area contributed by atoms with Crippen molar-refractivity contribution >= 4 is 0 Å². The van der Waals surface area contributed by atoms with Crippen molar-refractivity contribution in [2.75, 3.05) is 0 Å². The van der Waals surface area contributed by atoms with Gasteiger partial charge in [0.25, 0.3) is 0 Å². The van der Waals surface area contributed by atoms with Gasteiger partial charge in [0.1, 0.15) is 18.5 Å². The lowest BCUT2D eigenvalue weighted by atomic mass is 10.1. The molecule has 0 saturated carbocycles. The average molecular weight is 207 g/mol. The number of halogens is 1. The molecule has 1 aromatic carbocycles. The first-order chi connectivity index (χ1) is 7.25. The van der Waals surface area contributed by atoms with E-state index in [4.69, 9.17) is 0 Å². The third kappa shape index (κ3) is 2.38. The van der Waals surface area contributed by atoms with E-state index in [0.29, 0.717) is 5.56 Å². The Kier molecular flexibility index (Phi) is 2.73. The SMILES string of the molecule is OC(Cn1cncn1)c1cccc(F)c1. The van der Waals surface area contributed by atoms with Crippen molar-refractivity contribution in [3.8, 4) is 0 Å². The molecule has 0 fully saturated rings. The number of benzene rings is 1. The fourth-order valence-electron chi connectivity index (χ4n) is 1.32. The van der Waals surface area contributed by atoms with Crippen LogP contribution in [0.2, 0.25) is 0 Å². The molecule has 0 aliphatic heterocycles. The maximum atomic E-state index is 12.9. The van der Waals surface area contributed by atoms with Gasteiger partial charge < -0.3 is 5.11 Å². The summed E-state index contributed by atoms with van der Waals surface area (Å²) in [7, 11) is 0. The van der Waals surface area contributed by atoms with E-state index in [9.17, 15) is 9.50 Å². The first-order valence-electron chi connectivity index (χ1n) is 4.51. The summed E-state index contributed by atoms with van der Waals surface area (Å²) in [6, 6.07) is 5.88. The third-order valence-corrected chi connectivity index (χ3v) is 2.06. The van der Waals surface area contributed by atoms with E-state index >= 15 is 0 Å². The lowest BCUT2D eigenvalue weighted by Crippen LogP contribution is -2.09. The highest BCUT2D eigenvalue weighted by Gasteiger charge is 2.09. The molecule has 0 spiro atoms. The monoisotopic (exact) mass is 207 g/mol. The van der Waals surface area contributed by atoms with Gasteiger partial charge >= 0.3 is 0 Å². The van der Waals surface area contributed by atoms with E-state index in [1.54, 1.807) is 12.1 Å². The molecule has 1 unspecified atom stereocenters. The van der Waals surface area contributed by atoms with Gasteiger partial charge in [-0.25, -0.2) is 9.37 Å². The predicted octanol–water partition coefficient (Wildman–Crippen LogP) is 1.15. The van der Waals surface area contributed by atoms with Crippen molar-refractivity contribution < 1.29 is 9.50 Å². The number of nitrogens with zero attached hydrogens (tertiary/aromatic N) is 3. The first kappa shape index (κ1) is 9.79. The van der Waals surface area contributed by atoms with Crippen LogP contribution in [0.25, 0.3) is 0 Å². The number of rotatable bonds is 3. The van der Waals surface area contributed by atoms with Crippen molar-refractivity contribution in [1.29, 1.82) is 0 Å². The summed E-state index contributed by atoms with van der Waals surface area (Å²) < 4.78 is 14.4. The van der Waals surface area contributed by atoms with Crippen molar-refractivity contribution in [2.45, 2.75) is 12.6 Å². The summed E-state index contributed by atoms with van der Waals surface area (Å²) in [5.74, 6) is -0.356. The van der Waals surface area contributed by atoms with Crippen LogP contribution in [-0.4, -0.2) is 19.9 Å². The second kappa shape index (κ2) is 4.18. The van der Waals surface area contributed by atoms with Crippen molar-refractivity contribution in [3.05, 3.63) is 48.3 Å². The third-order valence-electron chi connectivity index (χ3n) is 2.06. The fourth-order valence-corrected chi connectivity index (χ4v) is 1.32. The molecule has 0 radical (unpaired) electrons. The quantitative estimate of drug-likeness (QED) is 0.821. The minimum atomic E-state index is -0.776. The second-order valence-corrected chi connectivity index (χ2v) is 3.19. The molecule has 4 nitrogen and oxygen atoms in total. The van der Waals surface area contributed by atoms with Crippen molar-refractivity contribution in [2.24, 2.45) is 0 Å². The summed E-state index contributed by atoms with van der Waals surface area (Å²) in [6.07, 6.45) is 2.11. The maximum absolute atomic E-state index is 12.9. The van der Waals surface area contributed by atoms with E-state index in [1.807, 2.05) is 0 Å². The summed E-state index contributed by atoms with van der Waals surface area (Å²) in [5, 5.41) is 13.6. The van der Waals surface area contributed by atoms with Gasteiger partial charge in [0.2, 0.25) is 0 Å². The van der Waals surface area contributed by atoms with E-state index in [-0.39, 0.29) is 12.4 Å². The Labute approximate surface area is 86.0 Å². The Hall–Kier alpha value is -1.75. The van der Waals surface area contributed by atoms with Gasteiger partial charge in [-0.15, -0.1) is 0 Å². The molecule has 0 saturated heterocycles. The molecule has 0 amide bonds. The van der Waals surface area contributed by atoms with E-state index in [0.717, 1.165) is 0 Å². The van der Waals surface area contributed by atoms with Gasteiger partial charge in [-0.2, -0.15) is 5.10 Å². The lowest BCUT2D eigenvalue weighted by molar-refractivity contribution is 0.151. The van der Waals surface area contributed by atoms with Crippen LogP contribution < -0.4 is 0 Å². The molecular weight excluding hydrogens is 197 g/mol. The summed E-state index contributed by atoms with van der Waals surface area (Å²) in [5.41, 5.74) is 0.533. The molecule has 1 N–H and O–H groups in total. The van der Waals surface area contributed by atoms with Crippen LogP contribution >= 0.6 is 0 Å². The van der Waals surface area contributed by atoms with Crippen LogP contribution in [-0.2, 0) is 6.54 Å². The Morgan fingerprint density at radius 2 is 2.33 bits per heavy atom. The van der Waals surface area contributed by atoms with Gasteiger partial charge in [-0.05, 0) is 17.7 Å². The molecule has 15 heavy (non-hydrogen) atoms. The van der Waals surface area contributed by atoms with Crippen LogP contribution in [0.3, 0.4) is 0 Å². The highest BCUT2D eigenvalue weighted by atomic mass is 19.1. The van der Waals surface area contributed by atoms with Gasteiger partial charge in [-0.1, -0.05) is 12.1 Å². The molecule has 2 aromatic rings. The number of aliphatic hydroxyl groups is 1. The second-order valence-electron chi connectivity index (χ2n) is 3.19. The molecule has 0 bridgehead atoms. The number of hydrogen-bond donors (Lipinski definition) is 1. The highest BCUT2D eigenvalue weighted by molar-refractivity contribution is 5.18. The number of aliphatic hydroxyl groups excluding tert-OH is 1. The predicted molar refractivity (Wildman–Crippen MR) is 51.4 cm³/mol. The van der Waals surface area contributed by atoms with Crippen LogP contribution in [0.15, 0.2) is 36.9 Å². The summed E-state index contributed by atoms with van der Waals surface area (Å²) in [6.45, 7) is 0.267. The Morgan fingerprint density at radius 3 is 3.00 bits per heavy atom. The Balaban J connectivity index is 2.11. The topological polar surface area (TPSA) is 50.9 Å². The van der Waals surface area contributed by atoms with E-state index in [1.165, 1.54) is 29.5 Å². The zero-order chi connectivity index (χ0) is 10.7. The van der Waals surface area contributed by atoms with Crippen LogP contribution in [0.4, 0.5) is 4.39 Å². The van der Waals surface area contributed by atoms with Crippen molar-refractivity contribution in [3.63, 3.8) is 0 Å². The molecule has 78 valence electrons.